The topological polar surface area (TPSA) is 44.1 Å². The molecule has 4 heteroatoms. The van der Waals surface area contributed by atoms with Gasteiger partial charge in [-0.1, -0.05) is 6.07 Å². The molecule has 0 bridgehead atoms. The molecule has 0 N–H and O–H groups in total. The smallest absolute Gasteiger partial charge is 0.214 e. The van der Waals surface area contributed by atoms with Crippen molar-refractivity contribution in [2.45, 2.75) is 13.8 Å². The lowest BCUT2D eigenvalue weighted by Crippen LogP contribution is -2.10. The fraction of sp³-hybridized carbons (Fsp3) is 0.286. The molecule has 0 aliphatic rings. The van der Waals surface area contributed by atoms with Gasteiger partial charge in [-0.25, -0.2) is 0 Å². The molecule has 0 saturated carbocycles. The Bertz CT molecular complexity index is 600. The summed E-state index contributed by atoms with van der Waals surface area (Å²) in [5.41, 5.74) is 3.22. The van der Waals surface area contributed by atoms with Crippen molar-refractivity contribution in [1.82, 2.24) is 9.78 Å². The van der Waals surface area contributed by atoms with E-state index in [4.69, 9.17) is 4.74 Å². The van der Waals surface area contributed by atoms with Gasteiger partial charge in [0, 0.05) is 13.2 Å². The highest BCUT2D eigenvalue weighted by molar-refractivity contribution is 6.10. The van der Waals surface area contributed by atoms with Crippen LogP contribution in [0, 0.1) is 13.8 Å². The number of hydrogen-bond acceptors (Lipinski definition) is 3. The van der Waals surface area contributed by atoms with Gasteiger partial charge in [0.15, 0.2) is 0 Å². The first-order chi connectivity index (χ1) is 8.56. The molecule has 0 unspecified atom stereocenters. The number of hydrogen-bond donors (Lipinski definition) is 0. The molecule has 2 rings (SSSR count). The van der Waals surface area contributed by atoms with Crippen molar-refractivity contribution in [2.24, 2.45) is 7.05 Å². The molecule has 0 amide bonds. The maximum absolute atomic E-state index is 12.4. The summed E-state index contributed by atoms with van der Waals surface area (Å²) in [4.78, 5) is 12.4. The second kappa shape index (κ2) is 4.64. The molecular weight excluding hydrogens is 228 g/mol. The summed E-state index contributed by atoms with van der Waals surface area (Å²) in [5.74, 6) is 0.566. The standard InChI is InChI=1S/C14H16N2O2/c1-9-5-6-11(14(18-4)10(9)2)13(17)12-7-8-15-16(12)3/h5-8H,1-4H3. The lowest BCUT2D eigenvalue weighted by Gasteiger charge is -2.12. The number of aryl methyl sites for hydroxylation is 2. The van der Waals surface area contributed by atoms with Crippen molar-refractivity contribution in [2.75, 3.05) is 7.11 Å². The van der Waals surface area contributed by atoms with E-state index in [-0.39, 0.29) is 5.78 Å². The average molecular weight is 244 g/mol. The molecule has 0 saturated heterocycles. The number of ketones is 1. The van der Waals surface area contributed by atoms with E-state index < -0.39 is 0 Å². The van der Waals surface area contributed by atoms with E-state index in [9.17, 15) is 4.79 Å². The van der Waals surface area contributed by atoms with Crippen LogP contribution in [0.3, 0.4) is 0 Å². The van der Waals surface area contributed by atoms with Gasteiger partial charge in [-0.05, 0) is 37.1 Å². The zero-order valence-electron chi connectivity index (χ0n) is 11.0. The maximum Gasteiger partial charge on any atom is 0.214 e. The van der Waals surface area contributed by atoms with Crippen molar-refractivity contribution in [3.05, 3.63) is 46.8 Å². The second-order valence-corrected chi connectivity index (χ2v) is 4.26. The minimum atomic E-state index is -0.0741. The summed E-state index contributed by atoms with van der Waals surface area (Å²) >= 11 is 0. The zero-order valence-corrected chi connectivity index (χ0v) is 11.0. The Balaban J connectivity index is 2.56. The van der Waals surface area contributed by atoms with E-state index >= 15 is 0 Å². The largest absolute Gasteiger partial charge is 0.496 e. The van der Waals surface area contributed by atoms with E-state index in [1.165, 1.54) is 0 Å². The molecule has 1 aromatic heterocycles. The van der Waals surface area contributed by atoms with Crippen LogP contribution >= 0.6 is 0 Å². The molecule has 0 atom stereocenters. The summed E-state index contributed by atoms with van der Waals surface area (Å²) in [6, 6.07) is 5.44. The minimum absolute atomic E-state index is 0.0741. The number of rotatable bonds is 3. The van der Waals surface area contributed by atoms with Crippen LogP contribution in [0.5, 0.6) is 5.75 Å². The first-order valence-electron chi connectivity index (χ1n) is 5.73. The Labute approximate surface area is 106 Å². The van der Waals surface area contributed by atoms with Gasteiger partial charge >= 0.3 is 0 Å². The predicted molar refractivity (Wildman–Crippen MR) is 69.1 cm³/mol. The Hall–Kier alpha value is -2.10. The van der Waals surface area contributed by atoms with Gasteiger partial charge in [-0.2, -0.15) is 5.10 Å². The first kappa shape index (κ1) is 12.4. The molecule has 18 heavy (non-hydrogen) atoms. The molecule has 0 aliphatic heterocycles. The summed E-state index contributed by atoms with van der Waals surface area (Å²) in [7, 11) is 3.34. The van der Waals surface area contributed by atoms with Crippen LogP contribution < -0.4 is 4.74 Å². The summed E-state index contributed by atoms with van der Waals surface area (Å²) in [5, 5.41) is 4.01. The third-order valence-corrected chi connectivity index (χ3v) is 3.18. The van der Waals surface area contributed by atoms with Gasteiger partial charge in [0.2, 0.25) is 5.78 Å². The number of nitrogens with zero attached hydrogens (tertiary/aromatic N) is 2. The van der Waals surface area contributed by atoms with Crippen molar-refractivity contribution >= 4 is 5.78 Å². The van der Waals surface area contributed by atoms with Crippen molar-refractivity contribution in [1.29, 1.82) is 0 Å². The number of benzene rings is 1. The number of aromatic nitrogens is 2. The maximum atomic E-state index is 12.4. The summed E-state index contributed by atoms with van der Waals surface area (Å²) in [6.45, 7) is 3.95. The second-order valence-electron chi connectivity index (χ2n) is 4.26. The fourth-order valence-electron chi connectivity index (χ4n) is 1.97. The van der Waals surface area contributed by atoms with Crippen LogP contribution in [0.4, 0.5) is 0 Å². The van der Waals surface area contributed by atoms with E-state index in [1.54, 1.807) is 37.2 Å². The molecule has 2 aromatic rings. The Morgan fingerprint density at radius 3 is 2.56 bits per heavy atom. The minimum Gasteiger partial charge on any atom is -0.496 e. The molecular formula is C14H16N2O2. The Kier molecular flexibility index (Phi) is 3.19. The van der Waals surface area contributed by atoms with Crippen molar-refractivity contribution in [3.63, 3.8) is 0 Å². The predicted octanol–water partition coefficient (Wildman–Crippen LogP) is 2.28. The molecule has 0 spiro atoms. The number of ether oxygens (including phenoxy) is 1. The number of carbonyl (C=O) groups is 1. The van der Waals surface area contributed by atoms with Crippen LogP contribution in [0.1, 0.15) is 27.2 Å². The Morgan fingerprint density at radius 2 is 2.00 bits per heavy atom. The molecule has 0 radical (unpaired) electrons. The van der Waals surface area contributed by atoms with Crippen LogP contribution in [0.2, 0.25) is 0 Å². The lowest BCUT2D eigenvalue weighted by molar-refractivity contribution is 0.102. The molecule has 0 aliphatic carbocycles. The van der Waals surface area contributed by atoms with Crippen LogP contribution in [0.15, 0.2) is 24.4 Å². The van der Waals surface area contributed by atoms with Gasteiger partial charge in [0.05, 0.1) is 12.7 Å². The molecule has 1 aromatic carbocycles. The normalized spacial score (nSPS) is 10.4. The molecule has 94 valence electrons. The zero-order chi connectivity index (χ0) is 13.3. The van der Waals surface area contributed by atoms with Crippen LogP contribution in [-0.4, -0.2) is 22.7 Å². The van der Waals surface area contributed by atoms with Crippen LogP contribution in [0.25, 0.3) is 0 Å². The fourth-order valence-corrected chi connectivity index (χ4v) is 1.97. The third-order valence-electron chi connectivity index (χ3n) is 3.18. The molecule has 1 heterocycles. The average Bonchev–Trinajstić information content (AvgIpc) is 2.78. The van der Waals surface area contributed by atoms with Gasteiger partial charge in [0.25, 0.3) is 0 Å². The number of carbonyl (C=O) groups excluding carboxylic acids is 1. The highest BCUT2D eigenvalue weighted by Gasteiger charge is 2.19. The first-order valence-corrected chi connectivity index (χ1v) is 5.73. The quantitative estimate of drug-likeness (QED) is 0.778. The molecule has 0 fully saturated rings. The highest BCUT2D eigenvalue weighted by atomic mass is 16.5. The van der Waals surface area contributed by atoms with E-state index in [2.05, 4.69) is 5.10 Å². The van der Waals surface area contributed by atoms with Crippen LogP contribution in [-0.2, 0) is 7.05 Å². The number of methoxy groups -OCH3 is 1. The van der Waals surface area contributed by atoms with Gasteiger partial charge in [-0.3, -0.25) is 9.48 Å². The third kappa shape index (κ3) is 1.90. The van der Waals surface area contributed by atoms with E-state index in [0.29, 0.717) is 17.0 Å². The molecule has 4 nitrogen and oxygen atoms in total. The van der Waals surface area contributed by atoms with Crippen molar-refractivity contribution < 1.29 is 9.53 Å². The van der Waals surface area contributed by atoms with E-state index in [0.717, 1.165) is 11.1 Å². The SMILES string of the molecule is COc1c(C(=O)c2ccnn2C)ccc(C)c1C. The van der Waals surface area contributed by atoms with Crippen molar-refractivity contribution in [3.8, 4) is 5.75 Å². The monoisotopic (exact) mass is 244 g/mol. The van der Waals surface area contributed by atoms with Gasteiger partial charge < -0.3 is 4.74 Å². The highest BCUT2D eigenvalue weighted by Crippen LogP contribution is 2.27. The van der Waals surface area contributed by atoms with Gasteiger partial charge in [-0.15, -0.1) is 0 Å². The summed E-state index contributed by atoms with van der Waals surface area (Å²) < 4.78 is 6.93. The lowest BCUT2D eigenvalue weighted by atomic mass is 10.00. The van der Waals surface area contributed by atoms with E-state index in [1.807, 2.05) is 19.9 Å². The van der Waals surface area contributed by atoms with Gasteiger partial charge in [0.1, 0.15) is 11.4 Å². The Morgan fingerprint density at radius 1 is 1.28 bits per heavy atom. The summed E-state index contributed by atoms with van der Waals surface area (Å²) in [6.07, 6.45) is 1.61.